The predicted molar refractivity (Wildman–Crippen MR) is 150 cm³/mol. The van der Waals surface area contributed by atoms with E-state index in [1.165, 1.54) is 77.0 Å². The number of fused-ring (bicyclic) bond motifs is 1. The van der Waals surface area contributed by atoms with Crippen molar-refractivity contribution in [2.75, 3.05) is 43.2 Å². The quantitative estimate of drug-likeness (QED) is 0.267. The highest BCUT2D eigenvalue weighted by atomic mass is 16.2. The summed E-state index contributed by atoms with van der Waals surface area (Å²) >= 11 is 0. The van der Waals surface area contributed by atoms with Gasteiger partial charge in [-0.05, 0) is 19.3 Å². The number of H-pyrrole nitrogens is 1. The molecule has 8 nitrogen and oxygen atoms in total. The van der Waals surface area contributed by atoms with Gasteiger partial charge in [0.2, 0.25) is 5.91 Å². The van der Waals surface area contributed by atoms with Crippen molar-refractivity contribution in [2.45, 2.75) is 110 Å². The standard InChI is InChI=1S/C28H51N5O3/c1-5-6-7-8-14-17-20-32(24(2)34)21-18-15-12-10-9-11-13-16-19-22-33-23-30(3)25-26(35)29-28(36)31(4)27(25)33/h5-23H2,1-4H3,(H,29,35,36). The van der Waals surface area contributed by atoms with Crippen LogP contribution < -0.4 is 21.0 Å². The van der Waals surface area contributed by atoms with Crippen molar-refractivity contribution in [1.29, 1.82) is 0 Å². The fourth-order valence-electron chi connectivity index (χ4n) is 5.23. The molecule has 0 radical (unpaired) electrons. The number of nitrogens with zero attached hydrogens (tertiary/aromatic N) is 4. The predicted octanol–water partition coefficient (Wildman–Crippen LogP) is 5.01. The van der Waals surface area contributed by atoms with Crippen LogP contribution in [-0.2, 0) is 11.8 Å². The molecule has 1 aliphatic heterocycles. The van der Waals surface area contributed by atoms with E-state index in [-0.39, 0.29) is 17.2 Å². The van der Waals surface area contributed by atoms with Crippen LogP contribution in [0.15, 0.2) is 9.59 Å². The van der Waals surface area contributed by atoms with Gasteiger partial charge in [-0.3, -0.25) is 19.1 Å². The molecule has 0 aliphatic carbocycles. The summed E-state index contributed by atoms with van der Waals surface area (Å²) in [5.41, 5.74) is -0.0679. The third-order valence-electron chi connectivity index (χ3n) is 7.42. The molecule has 8 heteroatoms. The first-order valence-corrected chi connectivity index (χ1v) is 14.4. The summed E-state index contributed by atoms with van der Waals surface area (Å²) in [5.74, 6) is 0.961. The summed E-state index contributed by atoms with van der Waals surface area (Å²) in [4.78, 5) is 44.5. The van der Waals surface area contributed by atoms with E-state index in [1.54, 1.807) is 18.5 Å². The number of rotatable bonds is 19. The number of nitrogens with one attached hydrogen (secondary N) is 1. The van der Waals surface area contributed by atoms with Crippen LogP contribution in [0.1, 0.15) is 110 Å². The van der Waals surface area contributed by atoms with Crippen LogP contribution in [0, 0.1) is 0 Å². The smallest absolute Gasteiger partial charge is 0.329 e. The summed E-state index contributed by atoms with van der Waals surface area (Å²) in [7, 11) is 3.61. The molecule has 0 atom stereocenters. The van der Waals surface area contributed by atoms with Gasteiger partial charge in [0.15, 0.2) is 0 Å². The molecule has 0 saturated heterocycles. The molecule has 0 unspecified atom stereocenters. The van der Waals surface area contributed by atoms with Gasteiger partial charge in [-0.15, -0.1) is 0 Å². The summed E-state index contributed by atoms with van der Waals surface area (Å²) in [6.45, 7) is 7.29. The van der Waals surface area contributed by atoms with E-state index in [9.17, 15) is 14.4 Å². The Morgan fingerprint density at radius 1 is 0.806 bits per heavy atom. The number of amides is 1. The molecule has 0 fully saturated rings. The largest absolute Gasteiger partial charge is 0.349 e. The minimum absolute atomic E-state index is 0.224. The Morgan fingerprint density at radius 3 is 1.83 bits per heavy atom. The average molecular weight is 506 g/mol. The van der Waals surface area contributed by atoms with Crippen LogP contribution in [0.3, 0.4) is 0 Å². The van der Waals surface area contributed by atoms with Crippen molar-refractivity contribution in [2.24, 2.45) is 7.05 Å². The average Bonchev–Trinajstić information content (AvgIpc) is 3.18. The Balaban J connectivity index is 1.50. The zero-order chi connectivity index (χ0) is 26.3. The molecule has 1 aliphatic rings. The summed E-state index contributed by atoms with van der Waals surface area (Å²) in [5, 5.41) is 0. The topological polar surface area (TPSA) is 81.7 Å². The number of aromatic nitrogens is 2. The Morgan fingerprint density at radius 2 is 1.31 bits per heavy atom. The maximum absolute atomic E-state index is 12.2. The van der Waals surface area contributed by atoms with Gasteiger partial charge < -0.3 is 14.7 Å². The van der Waals surface area contributed by atoms with Crippen LogP contribution >= 0.6 is 0 Å². The van der Waals surface area contributed by atoms with Crippen LogP contribution in [0.5, 0.6) is 0 Å². The zero-order valence-corrected chi connectivity index (χ0v) is 23.4. The Kier molecular flexibility index (Phi) is 13.7. The van der Waals surface area contributed by atoms with Crippen LogP contribution in [0.2, 0.25) is 0 Å². The van der Waals surface area contributed by atoms with Crippen molar-refractivity contribution < 1.29 is 4.79 Å². The lowest BCUT2D eigenvalue weighted by atomic mass is 10.1. The molecule has 0 spiro atoms. The van der Waals surface area contributed by atoms with Gasteiger partial charge in [0.05, 0.1) is 6.67 Å². The zero-order valence-electron chi connectivity index (χ0n) is 23.4. The first kappa shape index (κ1) is 30.0. The highest BCUT2D eigenvalue weighted by molar-refractivity contribution is 5.73. The van der Waals surface area contributed by atoms with Crippen molar-refractivity contribution in [3.63, 3.8) is 0 Å². The summed E-state index contributed by atoms with van der Waals surface area (Å²) in [6.07, 6.45) is 18.4. The lowest BCUT2D eigenvalue weighted by molar-refractivity contribution is -0.129. The Bertz CT molecular complexity index is 894. The van der Waals surface area contributed by atoms with Gasteiger partial charge in [0.25, 0.3) is 5.56 Å². The fourth-order valence-corrected chi connectivity index (χ4v) is 5.23. The fraction of sp³-hybridized carbons (Fsp3) is 0.821. The number of carbonyl (C=O) groups is 1. The first-order chi connectivity index (χ1) is 17.4. The normalized spacial score (nSPS) is 12.9. The number of unbranched alkanes of at least 4 members (excludes halogenated alkanes) is 13. The first-order valence-electron chi connectivity index (χ1n) is 14.4. The highest BCUT2D eigenvalue weighted by Crippen LogP contribution is 2.29. The molecule has 0 bridgehead atoms. The van der Waals surface area contributed by atoms with Gasteiger partial charge in [-0.25, -0.2) is 4.79 Å². The molecule has 2 heterocycles. The molecule has 1 aromatic rings. The maximum Gasteiger partial charge on any atom is 0.329 e. The SMILES string of the molecule is CCCCCCCCN(CCCCCCCCCCCN1CN(C)c2c1n(C)c(=O)[nH]c2=O)C(C)=O. The third-order valence-corrected chi connectivity index (χ3v) is 7.42. The molecular formula is C28H51N5O3. The number of aromatic amines is 1. The van der Waals surface area contributed by atoms with Gasteiger partial charge in [-0.2, -0.15) is 0 Å². The molecule has 0 aromatic carbocycles. The number of anilines is 2. The van der Waals surface area contributed by atoms with E-state index in [2.05, 4.69) is 16.8 Å². The van der Waals surface area contributed by atoms with Crippen LogP contribution in [-0.4, -0.2) is 53.7 Å². The van der Waals surface area contributed by atoms with Gasteiger partial charge in [0.1, 0.15) is 11.5 Å². The molecule has 2 rings (SSSR count). The monoisotopic (exact) mass is 505 g/mol. The van der Waals surface area contributed by atoms with E-state index in [1.807, 2.05) is 16.8 Å². The molecule has 36 heavy (non-hydrogen) atoms. The second kappa shape index (κ2) is 16.5. The minimum Gasteiger partial charge on any atom is -0.349 e. The second-order valence-electron chi connectivity index (χ2n) is 10.5. The minimum atomic E-state index is -0.356. The van der Waals surface area contributed by atoms with Crippen molar-refractivity contribution in [3.8, 4) is 0 Å². The molecule has 0 saturated carbocycles. The van der Waals surface area contributed by atoms with E-state index < -0.39 is 0 Å². The van der Waals surface area contributed by atoms with Crippen molar-refractivity contribution >= 4 is 17.4 Å². The molecule has 206 valence electrons. The number of hydrogen-bond donors (Lipinski definition) is 1. The van der Waals surface area contributed by atoms with Crippen LogP contribution in [0.4, 0.5) is 11.5 Å². The van der Waals surface area contributed by atoms with Crippen LogP contribution in [0.25, 0.3) is 0 Å². The number of carbonyl (C=O) groups excluding carboxylic acids is 1. The van der Waals surface area contributed by atoms with Gasteiger partial charge in [0, 0.05) is 40.7 Å². The Labute approximate surface area is 218 Å². The molecule has 1 N–H and O–H groups in total. The lowest BCUT2D eigenvalue weighted by Crippen LogP contribution is -2.32. The van der Waals surface area contributed by atoms with E-state index in [0.29, 0.717) is 12.4 Å². The third kappa shape index (κ3) is 9.66. The van der Waals surface area contributed by atoms with E-state index in [0.717, 1.165) is 44.7 Å². The van der Waals surface area contributed by atoms with E-state index in [4.69, 9.17) is 0 Å². The molecular weight excluding hydrogens is 454 g/mol. The van der Waals surface area contributed by atoms with Crippen molar-refractivity contribution in [1.82, 2.24) is 14.5 Å². The Hall–Kier alpha value is -2.25. The molecule has 1 amide bonds. The van der Waals surface area contributed by atoms with Crippen molar-refractivity contribution in [3.05, 3.63) is 20.8 Å². The van der Waals surface area contributed by atoms with Gasteiger partial charge >= 0.3 is 5.69 Å². The summed E-state index contributed by atoms with van der Waals surface area (Å²) in [6, 6.07) is 0. The highest BCUT2D eigenvalue weighted by Gasteiger charge is 2.28. The van der Waals surface area contributed by atoms with E-state index >= 15 is 0 Å². The number of hydrogen-bond acceptors (Lipinski definition) is 5. The maximum atomic E-state index is 12.2. The second-order valence-corrected chi connectivity index (χ2v) is 10.5. The summed E-state index contributed by atoms with van der Waals surface area (Å²) < 4.78 is 1.55. The lowest BCUT2D eigenvalue weighted by Gasteiger charge is -2.21. The molecule has 1 aromatic heterocycles. The van der Waals surface area contributed by atoms with Gasteiger partial charge in [-0.1, -0.05) is 84.0 Å².